The van der Waals surface area contributed by atoms with Gasteiger partial charge in [0.05, 0.1) is 11.4 Å². The van der Waals surface area contributed by atoms with Crippen molar-refractivity contribution in [2.24, 2.45) is 0 Å². The molecular formula is C23H24N4O2. The molecule has 0 fully saturated rings. The number of amides is 2. The lowest BCUT2D eigenvalue weighted by Crippen LogP contribution is -2.22. The molecule has 6 heteroatoms. The Kier molecular flexibility index (Phi) is 6.95. The van der Waals surface area contributed by atoms with Gasteiger partial charge in [0.2, 0.25) is 5.91 Å². The molecular weight excluding hydrogens is 364 g/mol. The van der Waals surface area contributed by atoms with Crippen molar-refractivity contribution in [3.05, 3.63) is 89.7 Å². The Hall–Kier alpha value is -3.67. The van der Waals surface area contributed by atoms with Gasteiger partial charge in [-0.3, -0.25) is 14.6 Å². The molecule has 6 nitrogen and oxygen atoms in total. The highest BCUT2D eigenvalue weighted by molar-refractivity contribution is 6.05. The van der Waals surface area contributed by atoms with Crippen LogP contribution in [0.5, 0.6) is 0 Å². The first kappa shape index (κ1) is 20.1. The van der Waals surface area contributed by atoms with Crippen LogP contribution in [0.1, 0.15) is 34.3 Å². The molecule has 148 valence electrons. The molecule has 0 spiro atoms. The number of hydrogen-bond donors (Lipinski definition) is 3. The zero-order chi connectivity index (χ0) is 20.5. The summed E-state index contributed by atoms with van der Waals surface area (Å²) in [6.07, 6.45) is 5.63. The molecule has 1 heterocycles. The average molecular weight is 388 g/mol. The van der Waals surface area contributed by atoms with Gasteiger partial charge in [0, 0.05) is 30.9 Å². The molecule has 0 aliphatic rings. The molecule has 1 aromatic heterocycles. The quantitative estimate of drug-likeness (QED) is 0.514. The van der Waals surface area contributed by atoms with E-state index in [1.54, 1.807) is 30.5 Å². The van der Waals surface area contributed by atoms with Crippen LogP contribution in [0.2, 0.25) is 0 Å². The van der Waals surface area contributed by atoms with Gasteiger partial charge in [-0.05, 0) is 54.3 Å². The van der Waals surface area contributed by atoms with Gasteiger partial charge in [-0.25, -0.2) is 0 Å². The van der Waals surface area contributed by atoms with E-state index < -0.39 is 0 Å². The Balaban J connectivity index is 1.43. The van der Waals surface area contributed by atoms with Gasteiger partial charge in [-0.2, -0.15) is 0 Å². The third-order valence-electron chi connectivity index (χ3n) is 4.51. The topological polar surface area (TPSA) is 97.1 Å². The normalized spacial score (nSPS) is 10.3. The number of aromatic nitrogens is 1. The Morgan fingerprint density at radius 2 is 1.72 bits per heavy atom. The van der Waals surface area contributed by atoms with Crippen LogP contribution in [0.4, 0.5) is 11.4 Å². The number of anilines is 2. The molecule has 0 atom stereocenters. The maximum absolute atomic E-state index is 12.3. The van der Waals surface area contributed by atoms with Crippen LogP contribution in [0.25, 0.3) is 0 Å². The first-order valence-corrected chi connectivity index (χ1v) is 9.52. The van der Waals surface area contributed by atoms with E-state index in [1.807, 2.05) is 42.6 Å². The number of benzene rings is 2. The lowest BCUT2D eigenvalue weighted by Gasteiger charge is -2.09. The van der Waals surface area contributed by atoms with E-state index in [4.69, 9.17) is 5.73 Å². The molecule has 2 amide bonds. The van der Waals surface area contributed by atoms with E-state index in [1.165, 1.54) is 0 Å². The fourth-order valence-corrected chi connectivity index (χ4v) is 2.87. The molecule has 0 bridgehead atoms. The molecule has 3 aromatic rings. The highest BCUT2D eigenvalue weighted by Gasteiger charge is 2.08. The lowest BCUT2D eigenvalue weighted by molar-refractivity contribution is -0.121. The van der Waals surface area contributed by atoms with Crippen molar-refractivity contribution in [1.82, 2.24) is 10.3 Å². The second kappa shape index (κ2) is 10.0. The van der Waals surface area contributed by atoms with Gasteiger partial charge in [-0.15, -0.1) is 0 Å². The maximum Gasteiger partial charge on any atom is 0.255 e. The summed E-state index contributed by atoms with van der Waals surface area (Å²) in [5, 5.41) is 5.70. The van der Waals surface area contributed by atoms with Crippen LogP contribution in [-0.2, 0) is 17.8 Å². The Labute approximate surface area is 170 Å². The number of hydrogen-bond acceptors (Lipinski definition) is 4. The summed E-state index contributed by atoms with van der Waals surface area (Å²) in [4.78, 5) is 28.4. The second-order valence-corrected chi connectivity index (χ2v) is 6.73. The summed E-state index contributed by atoms with van der Waals surface area (Å²) >= 11 is 0. The van der Waals surface area contributed by atoms with E-state index in [0.29, 0.717) is 29.9 Å². The van der Waals surface area contributed by atoms with Crippen molar-refractivity contribution in [3.63, 3.8) is 0 Å². The number of para-hydroxylation sites is 2. The summed E-state index contributed by atoms with van der Waals surface area (Å²) in [5.41, 5.74) is 9.54. The predicted octanol–water partition coefficient (Wildman–Crippen LogP) is 3.56. The van der Waals surface area contributed by atoms with Crippen molar-refractivity contribution in [2.75, 3.05) is 11.1 Å². The Morgan fingerprint density at radius 1 is 0.931 bits per heavy atom. The maximum atomic E-state index is 12.3. The number of aryl methyl sites for hydroxylation is 1. The lowest BCUT2D eigenvalue weighted by atomic mass is 10.1. The minimum atomic E-state index is -0.228. The van der Waals surface area contributed by atoms with Crippen LogP contribution in [0.15, 0.2) is 73.1 Å². The molecule has 3 rings (SSSR count). The number of carbonyl (C=O) groups excluding carboxylic acids is 2. The number of carbonyl (C=O) groups is 2. The molecule has 4 N–H and O–H groups in total. The molecule has 0 saturated heterocycles. The van der Waals surface area contributed by atoms with Crippen molar-refractivity contribution in [1.29, 1.82) is 0 Å². The second-order valence-electron chi connectivity index (χ2n) is 6.73. The number of pyridine rings is 1. The predicted molar refractivity (Wildman–Crippen MR) is 114 cm³/mol. The highest BCUT2D eigenvalue weighted by atomic mass is 16.2. The minimum Gasteiger partial charge on any atom is -0.397 e. The van der Waals surface area contributed by atoms with Crippen LogP contribution in [0, 0.1) is 0 Å². The van der Waals surface area contributed by atoms with Gasteiger partial charge in [0.1, 0.15) is 0 Å². The summed E-state index contributed by atoms with van der Waals surface area (Å²) in [6, 6.07) is 18.2. The third-order valence-corrected chi connectivity index (χ3v) is 4.51. The fourth-order valence-electron chi connectivity index (χ4n) is 2.87. The fraction of sp³-hybridized carbons (Fsp3) is 0.174. The largest absolute Gasteiger partial charge is 0.397 e. The highest BCUT2D eigenvalue weighted by Crippen LogP contribution is 2.18. The molecule has 0 unspecified atom stereocenters. The zero-order valence-electron chi connectivity index (χ0n) is 16.1. The number of nitrogen functional groups attached to an aromatic ring is 1. The van der Waals surface area contributed by atoms with Crippen molar-refractivity contribution >= 4 is 23.2 Å². The molecule has 0 radical (unpaired) electrons. The van der Waals surface area contributed by atoms with Crippen molar-refractivity contribution < 1.29 is 9.59 Å². The van der Waals surface area contributed by atoms with E-state index in [0.717, 1.165) is 24.0 Å². The first-order valence-electron chi connectivity index (χ1n) is 9.52. The molecule has 2 aromatic carbocycles. The monoisotopic (exact) mass is 388 g/mol. The summed E-state index contributed by atoms with van der Waals surface area (Å²) < 4.78 is 0. The van der Waals surface area contributed by atoms with Gasteiger partial charge in [0.15, 0.2) is 0 Å². The van der Waals surface area contributed by atoms with E-state index >= 15 is 0 Å². The van der Waals surface area contributed by atoms with Crippen molar-refractivity contribution in [3.8, 4) is 0 Å². The van der Waals surface area contributed by atoms with E-state index in [-0.39, 0.29) is 11.8 Å². The number of nitrogens with zero attached hydrogens (tertiary/aromatic N) is 1. The molecule has 0 aliphatic carbocycles. The van der Waals surface area contributed by atoms with Gasteiger partial charge < -0.3 is 16.4 Å². The van der Waals surface area contributed by atoms with Gasteiger partial charge in [-0.1, -0.05) is 30.3 Å². The van der Waals surface area contributed by atoms with Crippen LogP contribution >= 0.6 is 0 Å². The first-order chi connectivity index (χ1) is 14.1. The minimum absolute atomic E-state index is 0.00950. The summed E-state index contributed by atoms with van der Waals surface area (Å²) in [7, 11) is 0. The van der Waals surface area contributed by atoms with Gasteiger partial charge in [0.25, 0.3) is 5.91 Å². The third kappa shape index (κ3) is 6.17. The summed E-state index contributed by atoms with van der Waals surface area (Å²) in [5.74, 6) is -0.218. The number of rotatable bonds is 8. The SMILES string of the molecule is Nc1ccccc1NC(=O)c1ccc(CNC(=O)CCCc2cccnc2)cc1. The van der Waals surface area contributed by atoms with E-state index in [2.05, 4.69) is 15.6 Å². The standard InChI is InChI=1S/C23H24N4O2/c24-20-7-1-2-8-21(20)27-23(29)19-12-10-18(11-13-19)16-26-22(28)9-3-5-17-6-4-14-25-15-17/h1-2,4,6-8,10-15H,3,5,9,16,24H2,(H,26,28)(H,27,29). The average Bonchev–Trinajstić information content (AvgIpc) is 2.75. The smallest absolute Gasteiger partial charge is 0.255 e. The Bertz CT molecular complexity index is 956. The molecule has 0 aliphatic heterocycles. The van der Waals surface area contributed by atoms with Crippen molar-refractivity contribution in [2.45, 2.75) is 25.8 Å². The molecule has 0 saturated carbocycles. The Morgan fingerprint density at radius 3 is 2.45 bits per heavy atom. The number of nitrogens with two attached hydrogens (primary N) is 1. The summed E-state index contributed by atoms with van der Waals surface area (Å²) in [6.45, 7) is 0.430. The zero-order valence-corrected chi connectivity index (χ0v) is 16.1. The van der Waals surface area contributed by atoms with Crippen LogP contribution < -0.4 is 16.4 Å². The van der Waals surface area contributed by atoms with Crippen LogP contribution in [0.3, 0.4) is 0 Å². The molecule has 29 heavy (non-hydrogen) atoms. The van der Waals surface area contributed by atoms with Gasteiger partial charge >= 0.3 is 0 Å². The van der Waals surface area contributed by atoms with Crippen LogP contribution in [-0.4, -0.2) is 16.8 Å². The number of nitrogens with one attached hydrogen (secondary N) is 2. The van der Waals surface area contributed by atoms with E-state index in [9.17, 15) is 9.59 Å².